The third-order valence-electron chi connectivity index (χ3n) is 8.65. The number of fused-ring (bicyclic) bond motifs is 3. The van der Waals surface area contributed by atoms with Crippen LogP contribution < -0.4 is 4.74 Å². The molecule has 5 aliphatic rings. The number of hydrogen-bond donors (Lipinski definition) is 1. The van der Waals surface area contributed by atoms with E-state index in [0.29, 0.717) is 18.0 Å². The summed E-state index contributed by atoms with van der Waals surface area (Å²) in [7, 11) is 0. The van der Waals surface area contributed by atoms with Crippen LogP contribution in [0.4, 0.5) is 4.39 Å². The van der Waals surface area contributed by atoms with Gasteiger partial charge in [-0.15, -0.1) is 0 Å². The number of nitrogens with one attached hydrogen (secondary N) is 1. The molecule has 1 aromatic carbocycles. The molecule has 1 saturated heterocycles. The van der Waals surface area contributed by atoms with Gasteiger partial charge < -0.3 is 9.72 Å². The molecular formula is C27H32FN5O. The van der Waals surface area contributed by atoms with E-state index in [2.05, 4.69) is 46.0 Å². The van der Waals surface area contributed by atoms with Gasteiger partial charge >= 0.3 is 0 Å². The van der Waals surface area contributed by atoms with Gasteiger partial charge in [-0.25, -0.2) is 9.97 Å². The van der Waals surface area contributed by atoms with Crippen LogP contribution >= 0.6 is 0 Å². The van der Waals surface area contributed by atoms with Crippen molar-refractivity contribution in [3.05, 3.63) is 53.7 Å². The summed E-state index contributed by atoms with van der Waals surface area (Å²) >= 11 is 0. The number of rotatable bonds is 7. The summed E-state index contributed by atoms with van der Waals surface area (Å²) in [6, 6.07) is 9.13. The Morgan fingerprint density at radius 2 is 1.91 bits per heavy atom. The molecule has 2 aromatic heterocycles. The Morgan fingerprint density at radius 1 is 1.15 bits per heavy atom. The first-order valence-electron chi connectivity index (χ1n) is 12.8. The fraction of sp³-hybridized carbons (Fsp3) is 0.556. The summed E-state index contributed by atoms with van der Waals surface area (Å²) in [5, 5.41) is 1.33. The largest absolute Gasteiger partial charge is 0.485 e. The molecule has 34 heavy (non-hydrogen) atoms. The Hall–Kier alpha value is -2.51. The predicted octanol–water partition coefficient (Wildman–Crippen LogP) is 4.27. The van der Waals surface area contributed by atoms with Gasteiger partial charge in [0.1, 0.15) is 12.1 Å². The minimum absolute atomic E-state index is 0.0429. The highest BCUT2D eigenvalue weighted by Crippen LogP contribution is 2.64. The number of alkyl halides is 1. The van der Waals surface area contributed by atoms with Crippen molar-refractivity contribution in [3.8, 4) is 5.75 Å². The zero-order valence-electron chi connectivity index (χ0n) is 19.7. The van der Waals surface area contributed by atoms with Gasteiger partial charge in [0.25, 0.3) is 0 Å². The quantitative estimate of drug-likeness (QED) is 0.570. The number of ether oxygens (including phenoxy) is 1. The Labute approximate surface area is 199 Å². The Bertz CT molecular complexity index is 1190. The van der Waals surface area contributed by atoms with Crippen molar-refractivity contribution in [2.75, 3.05) is 26.3 Å². The average Bonchev–Trinajstić information content (AvgIpc) is 3.12. The topological polar surface area (TPSA) is 57.3 Å². The molecule has 4 heterocycles. The standard InChI is InChI=1S/C27H32FN5O/c1-17-9-22-21-5-2-3-6-23(21)31-24(22)25(33(17)27-10-18(11-27)12-27)26-29-13-19(14-30-26)34-20-15-32(16-20)8-4-7-28/h2-3,5-6,13-14,17-18,20,25,31H,4,7-12,15-16H2,1H3/t17-,18?,25+,27?/m1/s1. The number of aromatic amines is 1. The summed E-state index contributed by atoms with van der Waals surface area (Å²) in [5.74, 6) is 2.49. The summed E-state index contributed by atoms with van der Waals surface area (Å²) in [6.45, 7) is 4.61. The molecule has 2 atom stereocenters. The highest BCUT2D eigenvalue weighted by Gasteiger charge is 2.63. The number of hydrogen-bond acceptors (Lipinski definition) is 5. The van der Waals surface area contributed by atoms with Crippen LogP contribution in [0.15, 0.2) is 36.7 Å². The molecule has 2 bridgehead atoms. The molecule has 0 unspecified atom stereocenters. The van der Waals surface area contributed by atoms with Gasteiger partial charge in [0.05, 0.1) is 19.1 Å². The van der Waals surface area contributed by atoms with Gasteiger partial charge in [-0.3, -0.25) is 14.2 Å². The highest BCUT2D eigenvalue weighted by molar-refractivity contribution is 5.85. The lowest BCUT2D eigenvalue weighted by Crippen LogP contribution is -2.71. The van der Waals surface area contributed by atoms with Gasteiger partial charge in [-0.05, 0) is 56.6 Å². The van der Waals surface area contributed by atoms with Gasteiger partial charge in [-0.2, -0.15) is 0 Å². The van der Waals surface area contributed by atoms with Gasteiger partial charge in [0.15, 0.2) is 11.6 Å². The van der Waals surface area contributed by atoms with Crippen molar-refractivity contribution in [3.63, 3.8) is 0 Å². The number of nitrogens with zero attached hydrogens (tertiary/aromatic N) is 4. The van der Waals surface area contributed by atoms with Crippen LogP contribution in [0.2, 0.25) is 0 Å². The lowest BCUT2D eigenvalue weighted by molar-refractivity contribution is -0.175. The molecule has 0 spiro atoms. The summed E-state index contributed by atoms with van der Waals surface area (Å²) < 4.78 is 18.5. The van der Waals surface area contributed by atoms with Crippen LogP contribution in [0.3, 0.4) is 0 Å². The SMILES string of the molecule is C[C@@H]1Cc2c([nH]c3ccccc23)[C@@H](c2ncc(OC3CN(CCCF)C3)cn2)N1C12CC(C1)C2. The van der Waals surface area contributed by atoms with Crippen LogP contribution in [0, 0.1) is 5.92 Å². The van der Waals surface area contributed by atoms with Crippen molar-refractivity contribution >= 4 is 10.9 Å². The highest BCUT2D eigenvalue weighted by atomic mass is 19.1. The second kappa shape index (κ2) is 7.75. The molecule has 4 fully saturated rings. The lowest BCUT2D eigenvalue weighted by Gasteiger charge is -2.69. The number of aromatic nitrogens is 3. The zero-order chi connectivity index (χ0) is 22.9. The number of halogens is 1. The average molecular weight is 462 g/mol. The monoisotopic (exact) mass is 461 g/mol. The van der Waals surface area contributed by atoms with E-state index < -0.39 is 0 Å². The molecule has 2 aliphatic heterocycles. The summed E-state index contributed by atoms with van der Waals surface area (Å²) in [6.07, 6.45) is 9.41. The van der Waals surface area contributed by atoms with Crippen molar-refractivity contribution in [1.82, 2.24) is 24.8 Å². The fourth-order valence-corrected chi connectivity index (χ4v) is 6.99. The number of benzene rings is 1. The molecule has 0 amide bonds. The maximum atomic E-state index is 12.4. The summed E-state index contributed by atoms with van der Waals surface area (Å²) in [4.78, 5) is 18.4. The van der Waals surface area contributed by atoms with Gasteiger partial charge in [0, 0.05) is 47.8 Å². The molecule has 3 saturated carbocycles. The Kier molecular flexibility index (Phi) is 4.75. The second-order valence-electron chi connectivity index (χ2n) is 10.9. The maximum Gasteiger partial charge on any atom is 0.156 e. The smallest absolute Gasteiger partial charge is 0.156 e. The van der Waals surface area contributed by atoms with E-state index in [1.807, 2.05) is 12.4 Å². The molecule has 0 radical (unpaired) electrons. The molecule has 6 nitrogen and oxygen atoms in total. The molecular weight excluding hydrogens is 429 g/mol. The predicted molar refractivity (Wildman–Crippen MR) is 129 cm³/mol. The molecule has 3 aromatic rings. The van der Waals surface area contributed by atoms with E-state index in [9.17, 15) is 4.39 Å². The molecule has 8 rings (SSSR count). The van der Waals surface area contributed by atoms with E-state index in [1.165, 1.54) is 41.4 Å². The number of para-hydroxylation sites is 1. The molecule has 3 aliphatic carbocycles. The van der Waals surface area contributed by atoms with Gasteiger partial charge in [-0.1, -0.05) is 18.2 Å². The van der Waals surface area contributed by atoms with Crippen molar-refractivity contribution < 1.29 is 9.13 Å². The van der Waals surface area contributed by atoms with E-state index in [4.69, 9.17) is 14.7 Å². The van der Waals surface area contributed by atoms with Crippen molar-refractivity contribution in [2.24, 2.45) is 5.92 Å². The summed E-state index contributed by atoms with van der Waals surface area (Å²) in [5.41, 5.74) is 4.20. The van der Waals surface area contributed by atoms with E-state index >= 15 is 0 Å². The van der Waals surface area contributed by atoms with Crippen LogP contribution in [0.25, 0.3) is 10.9 Å². The Morgan fingerprint density at radius 3 is 2.62 bits per heavy atom. The first kappa shape index (κ1) is 20.8. The normalized spacial score (nSPS) is 30.9. The van der Waals surface area contributed by atoms with Crippen molar-refractivity contribution in [2.45, 2.75) is 62.8 Å². The first-order chi connectivity index (χ1) is 16.6. The lowest BCUT2D eigenvalue weighted by atomic mass is 9.48. The fourth-order valence-electron chi connectivity index (χ4n) is 6.99. The molecule has 1 N–H and O–H groups in total. The minimum Gasteiger partial charge on any atom is -0.485 e. The van der Waals surface area contributed by atoms with E-state index in [1.54, 1.807) is 0 Å². The number of H-pyrrole nitrogens is 1. The zero-order valence-corrected chi connectivity index (χ0v) is 19.7. The molecule has 7 heteroatoms. The second-order valence-corrected chi connectivity index (χ2v) is 10.9. The minimum atomic E-state index is -0.256. The van der Waals surface area contributed by atoms with Crippen LogP contribution in [-0.4, -0.2) is 68.7 Å². The van der Waals surface area contributed by atoms with Crippen molar-refractivity contribution in [1.29, 1.82) is 0 Å². The van der Waals surface area contributed by atoms with E-state index in [0.717, 1.165) is 43.5 Å². The van der Waals surface area contributed by atoms with Crippen LogP contribution in [0.5, 0.6) is 5.75 Å². The first-order valence-corrected chi connectivity index (χ1v) is 12.8. The molecule has 178 valence electrons. The van der Waals surface area contributed by atoms with Gasteiger partial charge in [0.2, 0.25) is 0 Å². The maximum absolute atomic E-state index is 12.4. The Balaban J connectivity index is 1.18. The van der Waals surface area contributed by atoms with E-state index in [-0.39, 0.29) is 18.8 Å². The van der Waals surface area contributed by atoms with Crippen LogP contribution in [0.1, 0.15) is 55.7 Å². The number of likely N-dealkylation sites (tertiary alicyclic amines) is 1. The third kappa shape index (κ3) is 3.13. The van der Waals surface area contributed by atoms with Crippen LogP contribution in [-0.2, 0) is 6.42 Å². The third-order valence-corrected chi connectivity index (χ3v) is 8.65.